The van der Waals surface area contributed by atoms with Crippen LogP contribution >= 0.6 is 0 Å². The van der Waals surface area contributed by atoms with Crippen molar-refractivity contribution in [2.24, 2.45) is 12.8 Å². The van der Waals surface area contributed by atoms with Crippen LogP contribution in [0.25, 0.3) is 0 Å². The second-order valence-corrected chi connectivity index (χ2v) is 3.29. The number of methoxy groups -OCH3 is 1. The van der Waals surface area contributed by atoms with Crippen molar-refractivity contribution in [3.63, 3.8) is 0 Å². The van der Waals surface area contributed by atoms with Crippen LogP contribution in [0.3, 0.4) is 0 Å². The predicted molar refractivity (Wildman–Crippen MR) is 55.4 cm³/mol. The topological polar surface area (TPSA) is 77.5 Å². The highest BCUT2D eigenvalue weighted by atomic mass is 16.5. The van der Waals surface area contributed by atoms with E-state index in [1.807, 2.05) is 0 Å². The first-order chi connectivity index (χ1) is 7.11. The van der Waals surface area contributed by atoms with E-state index in [0.29, 0.717) is 24.4 Å². The van der Waals surface area contributed by atoms with Crippen molar-refractivity contribution in [2.75, 3.05) is 13.7 Å². The lowest BCUT2D eigenvalue weighted by Gasteiger charge is -2.11. The van der Waals surface area contributed by atoms with Crippen LogP contribution in [0.15, 0.2) is 12.1 Å². The summed E-state index contributed by atoms with van der Waals surface area (Å²) in [6, 6.07) is 3.33. The molecule has 1 unspecified atom stereocenters. The van der Waals surface area contributed by atoms with E-state index in [1.165, 1.54) is 7.11 Å². The zero-order chi connectivity index (χ0) is 11.4. The van der Waals surface area contributed by atoms with Crippen molar-refractivity contribution in [3.05, 3.63) is 23.5 Å². The first-order valence-electron chi connectivity index (χ1n) is 4.73. The van der Waals surface area contributed by atoms with Gasteiger partial charge in [0, 0.05) is 12.7 Å². The third kappa shape index (κ3) is 2.37. The van der Waals surface area contributed by atoms with Crippen LogP contribution in [0.2, 0.25) is 0 Å². The summed E-state index contributed by atoms with van der Waals surface area (Å²) < 4.78 is 6.22. The molecule has 0 bridgehead atoms. The second-order valence-electron chi connectivity index (χ2n) is 3.29. The zero-order valence-electron chi connectivity index (χ0n) is 8.93. The molecule has 0 aromatic carbocycles. The van der Waals surface area contributed by atoms with Gasteiger partial charge in [-0.05, 0) is 25.1 Å². The lowest BCUT2D eigenvalue weighted by Crippen LogP contribution is -2.13. The van der Waals surface area contributed by atoms with E-state index in [-0.39, 0.29) is 0 Å². The Labute approximate surface area is 88.4 Å². The standard InChI is InChI=1S/C10H16N2O3/c1-12-7(9(13)5-6-11)3-4-8(12)10(14)15-2/h3-4,9,13H,5-6,11H2,1-2H3. The number of aliphatic hydroxyl groups is 1. The molecule has 0 aliphatic rings. The van der Waals surface area contributed by atoms with Crippen LogP contribution < -0.4 is 5.73 Å². The number of nitrogens with two attached hydrogens (primary N) is 1. The predicted octanol–water partition coefficient (Wildman–Crippen LogP) is 0.194. The van der Waals surface area contributed by atoms with E-state index in [2.05, 4.69) is 4.74 Å². The molecular formula is C10H16N2O3. The largest absolute Gasteiger partial charge is 0.464 e. The molecular weight excluding hydrogens is 196 g/mol. The Balaban J connectivity index is 2.93. The summed E-state index contributed by atoms with van der Waals surface area (Å²) in [7, 11) is 3.03. The van der Waals surface area contributed by atoms with Crippen LogP contribution in [0.4, 0.5) is 0 Å². The van der Waals surface area contributed by atoms with Gasteiger partial charge in [-0.1, -0.05) is 0 Å². The van der Waals surface area contributed by atoms with E-state index in [1.54, 1.807) is 23.7 Å². The Morgan fingerprint density at radius 1 is 1.67 bits per heavy atom. The lowest BCUT2D eigenvalue weighted by molar-refractivity contribution is 0.0588. The summed E-state index contributed by atoms with van der Waals surface area (Å²) in [5.41, 5.74) is 6.44. The van der Waals surface area contributed by atoms with Crippen LogP contribution in [0.1, 0.15) is 28.7 Å². The number of rotatable bonds is 4. The third-order valence-corrected chi connectivity index (χ3v) is 2.34. The Hall–Kier alpha value is -1.33. The first kappa shape index (κ1) is 11.7. The summed E-state index contributed by atoms with van der Waals surface area (Å²) in [6.07, 6.45) is -0.170. The molecule has 3 N–H and O–H groups in total. The molecule has 0 amide bonds. The molecule has 1 atom stereocenters. The van der Waals surface area contributed by atoms with Crippen molar-refractivity contribution in [2.45, 2.75) is 12.5 Å². The molecule has 5 heteroatoms. The second kappa shape index (κ2) is 4.95. The molecule has 0 aliphatic heterocycles. The summed E-state index contributed by atoms with van der Waals surface area (Å²) >= 11 is 0. The normalized spacial score (nSPS) is 12.5. The van der Waals surface area contributed by atoms with Gasteiger partial charge < -0.3 is 20.1 Å². The van der Waals surface area contributed by atoms with Crippen LogP contribution in [0, 0.1) is 0 Å². The highest BCUT2D eigenvalue weighted by Gasteiger charge is 2.16. The van der Waals surface area contributed by atoms with E-state index in [9.17, 15) is 9.90 Å². The number of hydrogen-bond donors (Lipinski definition) is 2. The molecule has 0 aliphatic carbocycles. The monoisotopic (exact) mass is 212 g/mol. The number of nitrogens with zero attached hydrogens (tertiary/aromatic N) is 1. The van der Waals surface area contributed by atoms with Crippen LogP contribution in [-0.4, -0.2) is 29.3 Å². The van der Waals surface area contributed by atoms with Crippen LogP contribution in [0.5, 0.6) is 0 Å². The third-order valence-electron chi connectivity index (χ3n) is 2.34. The maximum Gasteiger partial charge on any atom is 0.354 e. The maximum atomic E-state index is 11.3. The van der Waals surface area contributed by atoms with Gasteiger partial charge in [0.15, 0.2) is 0 Å². The van der Waals surface area contributed by atoms with Crippen molar-refractivity contribution in [1.29, 1.82) is 0 Å². The van der Waals surface area contributed by atoms with E-state index >= 15 is 0 Å². The van der Waals surface area contributed by atoms with Crippen molar-refractivity contribution < 1.29 is 14.6 Å². The summed E-state index contributed by atoms with van der Waals surface area (Å²) in [4.78, 5) is 11.3. The first-order valence-corrected chi connectivity index (χ1v) is 4.73. The summed E-state index contributed by atoms with van der Waals surface area (Å²) in [6.45, 7) is 0.403. The molecule has 0 spiro atoms. The molecule has 0 saturated heterocycles. The van der Waals surface area contributed by atoms with Gasteiger partial charge >= 0.3 is 5.97 Å². The quantitative estimate of drug-likeness (QED) is 0.699. The fourth-order valence-electron chi connectivity index (χ4n) is 1.48. The minimum Gasteiger partial charge on any atom is -0.464 e. The van der Waals surface area contributed by atoms with Gasteiger partial charge in [0.05, 0.1) is 13.2 Å². The summed E-state index contributed by atoms with van der Waals surface area (Å²) in [5.74, 6) is -0.413. The fraction of sp³-hybridized carbons (Fsp3) is 0.500. The number of hydrogen-bond acceptors (Lipinski definition) is 4. The average Bonchev–Trinajstić information content (AvgIpc) is 2.59. The molecule has 0 fully saturated rings. The molecule has 1 rings (SSSR count). The molecule has 15 heavy (non-hydrogen) atoms. The molecule has 84 valence electrons. The van der Waals surface area contributed by atoms with Gasteiger partial charge in [0.25, 0.3) is 0 Å². The fourth-order valence-corrected chi connectivity index (χ4v) is 1.48. The average molecular weight is 212 g/mol. The molecule has 0 saturated carbocycles. The zero-order valence-corrected chi connectivity index (χ0v) is 8.93. The minimum absolute atomic E-state index is 0.403. The Bertz CT molecular complexity index is 346. The van der Waals surface area contributed by atoms with Gasteiger partial charge in [0.2, 0.25) is 0 Å². The molecule has 5 nitrogen and oxygen atoms in total. The van der Waals surface area contributed by atoms with Crippen molar-refractivity contribution in [1.82, 2.24) is 4.57 Å². The van der Waals surface area contributed by atoms with Crippen LogP contribution in [-0.2, 0) is 11.8 Å². The van der Waals surface area contributed by atoms with Crippen molar-refractivity contribution in [3.8, 4) is 0 Å². The smallest absolute Gasteiger partial charge is 0.354 e. The Morgan fingerprint density at radius 2 is 2.33 bits per heavy atom. The van der Waals surface area contributed by atoms with Gasteiger partial charge in [-0.3, -0.25) is 0 Å². The molecule has 1 aromatic rings. The number of carbonyl (C=O) groups excluding carboxylic acids is 1. The Kier molecular flexibility index (Phi) is 3.88. The number of aliphatic hydroxyl groups excluding tert-OH is 1. The van der Waals surface area contributed by atoms with Gasteiger partial charge in [-0.25, -0.2) is 4.79 Å². The van der Waals surface area contributed by atoms with E-state index < -0.39 is 12.1 Å². The highest BCUT2D eigenvalue weighted by Crippen LogP contribution is 2.18. The van der Waals surface area contributed by atoms with Gasteiger partial charge in [-0.15, -0.1) is 0 Å². The lowest BCUT2D eigenvalue weighted by atomic mass is 10.2. The van der Waals surface area contributed by atoms with Gasteiger partial charge in [-0.2, -0.15) is 0 Å². The molecule has 1 aromatic heterocycles. The highest BCUT2D eigenvalue weighted by molar-refractivity contribution is 5.87. The molecule has 0 radical (unpaired) electrons. The number of carbonyl (C=O) groups is 1. The van der Waals surface area contributed by atoms with Gasteiger partial charge in [0.1, 0.15) is 5.69 Å². The van der Waals surface area contributed by atoms with Crippen molar-refractivity contribution >= 4 is 5.97 Å². The summed E-state index contributed by atoms with van der Waals surface area (Å²) in [5, 5.41) is 9.72. The molecule has 1 heterocycles. The number of aromatic nitrogens is 1. The number of esters is 1. The minimum atomic E-state index is -0.640. The Morgan fingerprint density at radius 3 is 2.87 bits per heavy atom. The maximum absolute atomic E-state index is 11.3. The van der Waals surface area contributed by atoms with E-state index in [4.69, 9.17) is 5.73 Å². The SMILES string of the molecule is COC(=O)c1ccc(C(O)CCN)n1C. The number of ether oxygens (including phenoxy) is 1. The van der Waals surface area contributed by atoms with E-state index in [0.717, 1.165) is 0 Å².